The lowest BCUT2D eigenvalue weighted by Gasteiger charge is -2.32. The van der Waals surface area contributed by atoms with Gasteiger partial charge in [0.1, 0.15) is 11.5 Å². The number of hydrogen-bond donors (Lipinski definition) is 1. The van der Waals surface area contributed by atoms with Crippen molar-refractivity contribution < 1.29 is 9.53 Å². The van der Waals surface area contributed by atoms with E-state index in [1.165, 1.54) is 19.4 Å². The van der Waals surface area contributed by atoms with Crippen LogP contribution in [0.1, 0.15) is 43.0 Å². The van der Waals surface area contributed by atoms with Crippen molar-refractivity contribution in [2.24, 2.45) is 0 Å². The molecule has 3 rings (SSSR count). The largest absolute Gasteiger partial charge is 0.457 e. The van der Waals surface area contributed by atoms with E-state index in [0.29, 0.717) is 11.3 Å². The first kappa shape index (κ1) is 18.5. The molecule has 2 aromatic rings. The number of likely N-dealkylation sites (tertiary alicyclic amines) is 1. The highest BCUT2D eigenvalue weighted by Gasteiger charge is 2.22. The number of nitrogens with one attached hydrogen (secondary N) is 1. The summed E-state index contributed by atoms with van der Waals surface area (Å²) in [7, 11) is 0. The number of carbonyl (C=O) groups is 1. The summed E-state index contributed by atoms with van der Waals surface area (Å²) in [5, 5.41) is 3.19. The number of amides is 1. The number of rotatable bonds is 7. The third-order valence-corrected chi connectivity index (χ3v) is 4.85. The molecule has 2 aromatic carbocycles. The second-order valence-corrected chi connectivity index (χ2v) is 6.85. The van der Waals surface area contributed by atoms with E-state index in [4.69, 9.17) is 4.74 Å². The summed E-state index contributed by atoms with van der Waals surface area (Å²) in [6.45, 7) is 5.52. The number of unbranched alkanes of at least 4 members (excludes halogenated alkanes) is 1. The minimum absolute atomic E-state index is 0.0523. The maximum atomic E-state index is 12.8. The fourth-order valence-electron chi connectivity index (χ4n) is 3.30. The topological polar surface area (TPSA) is 41.6 Å². The SMILES string of the molecule is CCCCN1CCC(NC(=O)c2ccccc2Oc2ccccc2)CC1. The van der Waals surface area contributed by atoms with Crippen molar-refractivity contribution in [3.63, 3.8) is 0 Å². The van der Waals surface area contributed by atoms with Gasteiger partial charge in [0.2, 0.25) is 0 Å². The maximum absolute atomic E-state index is 12.8. The van der Waals surface area contributed by atoms with Crippen LogP contribution in [-0.4, -0.2) is 36.5 Å². The molecule has 0 atom stereocenters. The van der Waals surface area contributed by atoms with Crippen LogP contribution in [0.4, 0.5) is 0 Å². The zero-order valence-electron chi connectivity index (χ0n) is 15.5. The molecule has 138 valence electrons. The molecule has 0 bridgehead atoms. The molecule has 0 aromatic heterocycles. The number of nitrogens with zero attached hydrogens (tertiary/aromatic N) is 1. The highest BCUT2D eigenvalue weighted by atomic mass is 16.5. The van der Waals surface area contributed by atoms with E-state index in [9.17, 15) is 4.79 Å². The number of piperidine rings is 1. The fraction of sp³-hybridized carbons (Fsp3) is 0.409. The lowest BCUT2D eigenvalue weighted by Crippen LogP contribution is -2.44. The van der Waals surface area contributed by atoms with E-state index >= 15 is 0 Å². The average molecular weight is 352 g/mol. The van der Waals surface area contributed by atoms with Gasteiger partial charge in [-0.15, -0.1) is 0 Å². The first-order valence-electron chi connectivity index (χ1n) is 9.61. The summed E-state index contributed by atoms with van der Waals surface area (Å²) < 4.78 is 5.91. The Morgan fingerprint density at radius 2 is 1.77 bits per heavy atom. The molecule has 1 amide bonds. The Kier molecular flexibility index (Phi) is 6.67. The van der Waals surface area contributed by atoms with Crippen LogP contribution < -0.4 is 10.1 Å². The highest BCUT2D eigenvalue weighted by molar-refractivity contribution is 5.97. The van der Waals surface area contributed by atoms with Crippen molar-refractivity contribution in [2.45, 2.75) is 38.6 Å². The van der Waals surface area contributed by atoms with Gasteiger partial charge in [-0.3, -0.25) is 4.79 Å². The van der Waals surface area contributed by atoms with Crippen molar-refractivity contribution in [2.75, 3.05) is 19.6 Å². The van der Waals surface area contributed by atoms with E-state index < -0.39 is 0 Å². The summed E-state index contributed by atoms with van der Waals surface area (Å²) in [4.78, 5) is 15.3. The zero-order chi connectivity index (χ0) is 18.2. The third-order valence-electron chi connectivity index (χ3n) is 4.85. The Hall–Kier alpha value is -2.33. The average Bonchev–Trinajstić information content (AvgIpc) is 2.68. The number of hydrogen-bond acceptors (Lipinski definition) is 3. The zero-order valence-corrected chi connectivity index (χ0v) is 15.5. The van der Waals surface area contributed by atoms with Crippen LogP contribution in [0.25, 0.3) is 0 Å². The van der Waals surface area contributed by atoms with E-state index in [1.54, 1.807) is 0 Å². The molecule has 1 fully saturated rings. The van der Waals surface area contributed by atoms with Gasteiger partial charge in [-0.25, -0.2) is 0 Å². The molecule has 4 heteroatoms. The molecule has 0 saturated carbocycles. The molecular formula is C22H28N2O2. The molecule has 4 nitrogen and oxygen atoms in total. The van der Waals surface area contributed by atoms with Crippen LogP contribution in [0.15, 0.2) is 54.6 Å². The Balaban J connectivity index is 1.59. The van der Waals surface area contributed by atoms with Crippen molar-refractivity contribution in [3.05, 3.63) is 60.2 Å². The molecule has 0 radical (unpaired) electrons. The van der Waals surface area contributed by atoms with E-state index in [0.717, 1.165) is 31.7 Å². The third kappa shape index (κ3) is 5.09. The molecule has 1 aliphatic rings. The second-order valence-electron chi connectivity index (χ2n) is 6.85. The Bertz CT molecular complexity index is 694. The number of carbonyl (C=O) groups excluding carboxylic acids is 1. The monoisotopic (exact) mass is 352 g/mol. The summed E-state index contributed by atoms with van der Waals surface area (Å²) in [6.07, 6.45) is 4.50. The van der Waals surface area contributed by atoms with Gasteiger partial charge in [0, 0.05) is 19.1 Å². The molecule has 0 unspecified atom stereocenters. The number of para-hydroxylation sites is 2. The van der Waals surface area contributed by atoms with Crippen LogP contribution in [0, 0.1) is 0 Å². The van der Waals surface area contributed by atoms with Gasteiger partial charge >= 0.3 is 0 Å². The predicted octanol–water partition coefficient (Wildman–Crippen LogP) is 4.47. The molecule has 1 heterocycles. The van der Waals surface area contributed by atoms with Gasteiger partial charge in [0.25, 0.3) is 5.91 Å². The van der Waals surface area contributed by atoms with Crippen LogP contribution in [0.2, 0.25) is 0 Å². The standard InChI is InChI=1S/C22H28N2O2/c1-2-3-15-24-16-13-18(14-17-24)23-22(25)20-11-7-8-12-21(20)26-19-9-5-4-6-10-19/h4-12,18H,2-3,13-17H2,1H3,(H,23,25). The summed E-state index contributed by atoms with van der Waals surface area (Å²) in [5.74, 6) is 1.28. The van der Waals surface area contributed by atoms with Crippen molar-refractivity contribution >= 4 is 5.91 Å². The fourth-order valence-corrected chi connectivity index (χ4v) is 3.30. The minimum atomic E-state index is -0.0523. The summed E-state index contributed by atoms with van der Waals surface area (Å²) in [5.41, 5.74) is 0.588. The quantitative estimate of drug-likeness (QED) is 0.799. The molecular weight excluding hydrogens is 324 g/mol. The van der Waals surface area contributed by atoms with Crippen molar-refractivity contribution in [1.82, 2.24) is 10.2 Å². The van der Waals surface area contributed by atoms with Crippen LogP contribution in [-0.2, 0) is 0 Å². The molecule has 1 N–H and O–H groups in total. The van der Waals surface area contributed by atoms with Gasteiger partial charge in [-0.05, 0) is 50.1 Å². The van der Waals surface area contributed by atoms with Crippen molar-refractivity contribution in [1.29, 1.82) is 0 Å². The lowest BCUT2D eigenvalue weighted by atomic mass is 10.0. The van der Waals surface area contributed by atoms with Gasteiger partial charge in [-0.1, -0.05) is 43.7 Å². The van der Waals surface area contributed by atoms with Crippen molar-refractivity contribution in [3.8, 4) is 11.5 Å². The highest BCUT2D eigenvalue weighted by Crippen LogP contribution is 2.25. The van der Waals surface area contributed by atoms with Crippen LogP contribution in [0.3, 0.4) is 0 Å². The summed E-state index contributed by atoms with van der Waals surface area (Å²) in [6, 6.07) is 17.2. The van der Waals surface area contributed by atoms with E-state index in [1.807, 2.05) is 54.6 Å². The first-order valence-corrected chi connectivity index (χ1v) is 9.61. The van der Waals surface area contributed by atoms with E-state index in [2.05, 4.69) is 17.1 Å². The van der Waals surface area contributed by atoms with Crippen LogP contribution >= 0.6 is 0 Å². The molecule has 26 heavy (non-hydrogen) atoms. The number of ether oxygens (including phenoxy) is 1. The molecule has 0 aliphatic carbocycles. The molecule has 1 aliphatic heterocycles. The molecule has 0 spiro atoms. The predicted molar refractivity (Wildman–Crippen MR) is 105 cm³/mol. The molecule has 1 saturated heterocycles. The smallest absolute Gasteiger partial charge is 0.255 e. The normalized spacial score (nSPS) is 15.6. The van der Waals surface area contributed by atoms with Gasteiger partial charge in [-0.2, -0.15) is 0 Å². The summed E-state index contributed by atoms with van der Waals surface area (Å²) >= 11 is 0. The lowest BCUT2D eigenvalue weighted by molar-refractivity contribution is 0.0908. The van der Waals surface area contributed by atoms with E-state index in [-0.39, 0.29) is 11.9 Å². The van der Waals surface area contributed by atoms with Gasteiger partial charge in [0.15, 0.2) is 0 Å². The first-order chi connectivity index (χ1) is 12.8. The Morgan fingerprint density at radius 1 is 1.08 bits per heavy atom. The van der Waals surface area contributed by atoms with Gasteiger partial charge in [0.05, 0.1) is 5.56 Å². The Labute approximate surface area is 156 Å². The van der Waals surface area contributed by atoms with Crippen LogP contribution in [0.5, 0.6) is 11.5 Å². The number of benzene rings is 2. The minimum Gasteiger partial charge on any atom is -0.457 e. The second kappa shape index (κ2) is 9.39. The maximum Gasteiger partial charge on any atom is 0.255 e. The Morgan fingerprint density at radius 3 is 2.50 bits per heavy atom. The van der Waals surface area contributed by atoms with Gasteiger partial charge < -0.3 is 15.0 Å².